The molecule has 0 spiro atoms. The van der Waals surface area contributed by atoms with Crippen molar-refractivity contribution in [3.8, 4) is 11.8 Å². The molecule has 26 heavy (non-hydrogen) atoms. The van der Waals surface area contributed by atoms with E-state index in [1.165, 1.54) is 12.1 Å². The number of nitrogens with one attached hydrogen (secondary N) is 1. The number of fused-ring (bicyclic) bond motifs is 1. The Kier molecular flexibility index (Phi) is 4.92. The quantitative estimate of drug-likeness (QED) is 0.709. The summed E-state index contributed by atoms with van der Waals surface area (Å²) in [6.45, 7) is 1.48. The highest BCUT2D eigenvalue weighted by Crippen LogP contribution is 2.31. The molecule has 6 nitrogen and oxygen atoms in total. The molecule has 1 N–H and O–H groups in total. The lowest BCUT2D eigenvalue weighted by molar-refractivity contribution is -0.118. The van der Waals surface area contributed by atoms with Gasteiger partial charge in [-0.1, -0.05) is 17.7 Å². The average molecular weight is 369 g/mol. The van der Waals surface area contributed by atoms with Crippen molar-refractivity contribution in [2.24, 2.45) is 0 Å². The van der Waals surface area contributed by atoms with Crippen LogP contribution in [0.3, 0.4) is 0 Å². The van der Waals surface area contributed by atoms with E-state index in [9.17, 15) is 9.59 Å². The van der Waals surface area contributed by atoms with Crippen LogP contribution in [0.4, 0.5) is 5.69 Å². The predicted molar refractivity (Wildman–Crippen MR) is 97.5 cm³/mol. The van der Waals surface area contributed by atoms with Gasteiger partial charge in [-0.15, -0.1) is 0 Å². The molecule has 130 valence electrons. The van der Waals surface area contributed by atoms with Crippen molar-refractivity contribution >= 4 is 34.2 Å². The molecule has 7 heteroatoms. The minimum absolute atomic E-state index is 0.230. The maximum Gasteiger partial charge on any atom is 0.336 e. The first-order valence-electron chi connectivity index (χ1n) is 7.63. The SMILES string of the molecule is Cc1cc(=O)oc2cc(OCC(=O)Nc3cccc(C#N)c3)c(Cl)cc12. The van der Waals surface area contributed by atoms with E-state index in [4.69, 9.17) is 26.0 Å². The molecule has 1 heterocycles. The van der Waals surface area contributed by atoms with Crippen molar-refractivity contribution in [2.45, 2.75) is 6.92 Å². The molecule has 0 radical (unpaired) electrons. The minimum atomic E-state index is -0.474. The fourth-order valence-electron chi connectivity index (χ4n) is 2.44. The smallest absolute Gasteiger partial charge is 0.336 e. The van der Waals surface area contributed by atoms with Crippen LogP contribution < -0.4 is 15.7 Å². The van der Waals surface area contributed by atoms with E-state index >= 15 is 0 Å². The maximum absolute atomic E-state index is 12.0. The van der Waals surface area contributed by atoms with E-state index in [1.54, 1.807) is 37.3 Å². The summed E-state index contributed by atoms with van der Waals surface area (Å²) < 4.78 is 10.6. The first-order chi connectivity index (χ1) is 12.5. The highest BCUT2D eigenvalue weighted by Gasteiger charge is 2.11. The van der Waals surface area contributed by atoms with Crippen LogP contribution in [-0.4, -0.2) is 12.5 Å². The number of nitrogens with zero attached hydrogens (tertiary/aromatic N) is 1. The number of anilines is 1. The van der Waals surface area contributed by atoms with Crippen molar-refractivity contribution in [3.05, 3.63) is 69.0 Å². The number of rotatable bonds is 4. The number of ether oxygens (including phenoxy) is 1. The summed E-state index contributed by atoms with van der Waals surface area (Å²) in [5.41, 5.74) is 1.52. The van der Waals surface area contributed by atoms with Gasteiger partial charge in [0.05, 0.1) is 16.7 Å². The van der Waals surface area contributed by atoms with Gasteiger partial charge in [0, 0.05) is 23.2 Å². The van der Waals surface area contributed by atoms with Gasteiger partial charge >= 0.3 is 5.63 Å². The minimum Gasteiger partial charge on any atom is -0.482 e. The van der Waals surface area contributed by atoms with Crippen molar-refractivity contribution in [2.75, 3.05) is 11.9 Å². The lowest BCUT2D eigenvalue weighted by Crippen LogP contribution is -2.20. The Labute approximate surface area is 153 Å². The summed E-state index contributed by atoms with van der Waals surface area (Å²) in [5.74, 6) is -0.184. The van der Waals surface area contributed by atoms with Crippen LogP contribution in [0, 0.1) is 18.3 Å². The molecule has 0 atom stereocenters. The molecule has 0 aliphatic rings. The highest BCUT2D eigenvalue weighted by atomic mass is 35.5. The maximum atomic E-state index is 12.0. The van der Waals surface area contributed by atoms with Crippen LogP contribution in [0.25, 0.3) is 11.0 Å². The zero-order chi connectivity index (χ0) is 18.7. The first kappa shape index (κ1) is 17.5. The first-order valence-corrected chi connectivity index (χ1v) is 8.01. The monoisotopic (exact) mass is 368 g/mol. The van der Waals surface area contributed by atoms with Gasteiger partial charge in [-0.25, -0.2) is 4.79 Å². The Hall–Kier alpha value is -3.30. The summed E-state index contributed by atoms with van der Waals surface area (Å²) in [6, 6.07) is 13.0. The standard InChI is InChI=1S/C19H13ClN2O4/c1-11-5-19(24)26-16-8-17(15(20)7-14(11)16)25-10-18(23)22-13-4-2-3-12(6-13)9-21/h2-8H,10H2,1H3,(H,22,23). The van der Waals surface area contributed by atoms with E-state index < -0.39 is 11.5 Å². The number of nitriles is 1. The van der Waals surface area contributed by atoms with E-state index in [-0.39, 0.29) is 12.4 Å². The summed E-state index contributed by atoms with van der Waals surface area (Å²) in [6.07, 6.45) is 0. The third kappa shape index (κ3) is 3.85. The van der Waals surface area contributed by atoms with Crippen LogP contribution in [-0.2, 0) is 4.79 Å². The molecule has 0 saturated heterocycles. The summed E-state index contributed by atoms with van der Waals surface area (Å²) >= 11 is 6.19. The Balaban J connectivity index is 1.74. The number of benzene rings is 2. The molecule has 0 aliphatic carbocycles. The molecular weight excluding hydrogens is 356 g/mol. The largest absolute Gasteiger partial charge is 0.482 e. The van der Waals surface area contributed by atoms with Crippen LogP contribution in [0.2, 0.25) is 5.02 Å². The molecule has 2 aromatic carbocycles. The Morgan fingerprint density at radius 1 is 1.31 bits per heavy atom. The topological polar surface area (TPSA) is 92.3 Å². The Bertz CT molecular complexity index is 1100. The molecule has 0 unspecified atom stereocenters. The van der Waals surface area contributed by atoms with Gasteiger partial charge in [0.2, 0.25) is 0 Å². The normalized spacial score (nSPS) is 10.3. The zero-order valence-electron chi connectivity index (χ0n) is 13.7. The molecule has 0 bridgehead atoms. The number of aryl methyl sites for hydroxylation is 1. The fourth-order valence-corrected chi connectivity index (χ4v) is 2.66. The summed E-state index contributed by atoms with van der Waals surface area (Å²) in [4.78, 5) is 23.5. The number of carbonyl (C=O) groups is 1. The fraction of sp³-hybridized carbons (Fsp3) is 0.105. The second-order valence-electron chi connectivity index (χ2n) is 5.56. The van der Waals surface area contributed by atoms with Gasteiger partial charge in [-0.3, -0.25) is 4.79 Å². The van der Waals surface area contributed by atoms with Crippen molar-refractivity contribution in [1.82, 2.24) is 0 Å². The lowest BCUT2D eigenvalue weighted by Gasteiger charge is -2.10. The molecule has 1 aromatic heterocycles. The molecule has 3 aromatic rings. The second-order valence-corrected chi connectivity index (χ2v) is 5.96. The van der Waals surface area contributed by atoms with Gasteiger partial charge in [-0.2, -0.15) is 5.26 Å². The molecule has 3 rings (SSSR count). The van der Waals surface area contributed by atoms with E-state index in [0.717, 1.165) is 5.56 Å². The molecule has 0 fully saturated rings. The van der Waals surface area contributed by atoms with Gasteiger partial charge in [0.1, 0.15) is 11.3 Å². The number of halogens is 1. The van der Waals surface area contributed by atoms with Crippen LogP contribution in [0.5, 0.6) is 5.75 Å². The molecular formula is C19H13ClN2O4. The number of hydrogen-bond acceptors (Lipinski definition) is 5. The average Bonchev–Trinajstić information content (AvgIpc) is 2.61. The predicted octanol–water partition coefficient (Wildman–Crippen LogP) is 3.64. The van der Waals surface area contributed by atoms with Gasteiger partial charge in [0.25, 0.3) is 5.91 Å². The van der Waals surface area contributed by atoms with Crippen molar-refractivity contribution in [3.63, 3.8) is 0 Å². The molecule has 0 aliphatic heterocycles. The van der Waals surface area contributed by atoms with Crippen molar-refractivity contribution < 1.29 is 13.9 Å². The zero-order valence-corrected chi connectivity index (χ0v) is 14.5. The lowest BCUT2D eigenvalue weighted by atomic mass is 10.1. The third-order valence-electron chi connectivity index (χ3n) is 3.64. The summed E-state index contributed by atoms with van der Waals surface area (Å²) in [7, 11) is 0. The van der Waals surface area contributed by atoms with Crippen LogP contribution in [0.15, 0.2) is 51.7 Å². The van der Waals surface area contributed by atoms with Gasteiger partial charge in [0.15, 0.2) is 6.61 Å². The molecule has 1 amide bonds. The van der Waals surface area contributed by atoms with Crippen LogP contribution >= 0.6 is 11.6 Å². The van der Waals surface area contributed by atoms with E-state index in [0.29, 0.717) is 27.2 Å². The van der Waals surface area contributed by atoms with Crippen LogP contribution in [0.1, 0.15) is 11.1 Å². The van der Waals surface area contributed by atoms with Crippen molar-refractivity contribution in [1.29, 1.82) is 5.26 Å². The Morgan fingerprint density at radius 3 is 2.88 bits per heavy atom. The Morgan fingerprint density at radius 2 is 2.12 bits per heavy atom. The van der Waals surface area contributed by atoms with Gasteiger partial charge < -0.3 is 14.5 Å². The highest BCUT2D eigenvalue weighted by molar-refractivity contribution is 6.32. The number of hydrogen-bond donors (Lipinski definition) is 1. The second kappa shape index (κ2) is 7.30. The van der Waals surface area contributed by atoms with E-state index in [2.05, 4.69) is 5.32 Å². The van der Waals surface area contributed by atoms with Gasteiger partial charge in [-0.05, 0) is 36.8 Å². The van der Waals surface area contributed by atoms with E-state index in [1.807, 2.05) is 6.07 Å². The summed E-state index contributed by atoms with van der Waals surface area (Å²) in [5, 5.41) is 12.5. The number of amides is 1. The molecule has 0 saturated carbocycles. The number of carbonyl (C=O) groups excluding carboxylic acids is 1. The third-order valence-corrected chi connectivity index (χ3v) is 3.93.